The molecule has 4 N–H and O–H groups in total. The van der Waals surface area contributed by atoms with Crippen LogP contribution in [0.25, 0.3) is 0 Å². The number of primary amides is 1. The molecule has 0 heterocycles. The van der Waals surface area contributed by atoms with Gasteiger partial charge >= 0.3 is 0 Å². The van der Waals surface area contributed by atoms with Gasteiger partial charge in [0.15, 0.2) is 5.96 Å². The third-order valence-electron chi connectivity index (χ3n) is 3.30. The van der Waals surface area contributed by atoms with Crippen molar-refractivity contribution in [1.82, 2.24) is 10.6 Å². The summed E-state index contributed by atoms with van der Waals surface area (Å²) in [7, 11) is 0. The second-order valence-corrected chi connectivity index (χ2v) is 5.25. The Morgan fingerprint density at radius 2 is 1.96 bits per heavy atom. The Balaban J connectivity index is 0.00000484. The van der Waals surface area contributed by atoms with Gasteiger partial charge in [-0.15, -0.1) is 24.0 Å². The molecule has 0 atom stereocenters. The van der Waals surface area contributed by atoms with Crippen LogP contribution in [0.2, 0.25) is 0 Å². The Bertz CT molecular complexity index is 491. The third-order valence-corrected chi connectivity index (χ3v) is 3.30. The van der Waals surface area contributed by atoms with Gasteiger partial charge in [-0.25, -0.2) is 4.99 Å². The maximum absolute atomic E-state index is 11.2. The van der Waals surface area contributed by atoms with Crippen LogP contribution in [-0.2, 0) is 6.54 Å². The van der Waals surface area contributed by atoms with Gasteiger partial charge in [0.1, 0.15) is 0 Å². The number of benzene rings is 1. The lowest BCUT2D eigenvalue weighted by Gasteiger charge is -2.11. The van der Waals surface area contributed by atoms with Crippen molar-refractivity contribution >= 4 is 35.8 Å². The fraction of sp³-hybridized carbons (Fsp3) is 0.529. The number of guanidine groups is 1. The van der Waals surface area contributed by atoms with Crippen molar-refractivity contribution in [2.24, 2.45) is 10.7 Å². The van der Waals surface area contributed by atoms with E-state index in [1.165, 1.54) is 19.3 Å². The number of carbonyl (C=O) groups is 1. The van der Waals surface area contributed by atoms with E-state index in [0.29, 0.717) is 12.1 Å². The average Bonchev–Trinajstić information content (AvgIpc) is 2.52. The van der Waals surface area contributed by atoms with Gasteiger partial charge in [0.2, 0.25) is 5.91 Å². The van der Waals surface area contributed by atoms with E-state index in [4.69, 9.17) is 5.73 Å². The summed E-state index contributed by atoms with van der Waals surface area (Å²) in [6, 6.07) is 7.28. The molecule has 1 aromatic rings. The highest BCUT2D eigenvalue weighted by atomic mass is 127. The van der Waals surface area contributed by atoms with E-state index in [2.05, 4.69) is 22.5 Å². The van der Waals surface area contributed by atoms with Crippen molar-refractivity contribution in [3.63, 3.8) is 0 Å². The van der Waals surface area contributed by atoms with Crippen molar-refractivity contribution in [3.8, 4) is 0 Å². The zero-order valence-corrected chi connectivity index (χ0v) is 16.4. The van der Waals surface area contributed by atoms with E-state index in [0.717, 1.165) is 31.0 Å². The van der Waals surface area contributed by atoms with Gasteiger partial charge in [0, 0.05) is 18.7 Å². The molecule has 0 radical (unpaired) electrons. The minimum absolute atomic E-state index is 0. The van der Waals surface area contributed by atoms with Crippen molar-refractivity contribution in [1.29, 1.82) is 0 Å². The second-order valence-electron chi connectivity index (χ2n) is 5.25. The van der Waals surface area contributed by atoms with Crippen LogP contribution >= 0.6 is 24.0 Å². The molecule has 130 valence electrons. The topological polar surface area (TPSA) is 79.5 Å². The molecule has 0 aliphatic heterocycles. The number of amides is 1. The molecular formula is C17H29IN4O. The van der Waals surface area contributed by atoms with Gasteiger partial charge in [-0.3, -0.25) is 4.79 Å². The monoisotopic (exact) mass is 432 g/mol. The molecule has 0 fully saturated rings. The van der Waals surface area contributed by atoms with Crippen LogP contribution in [0.1, 0.15) is 55.5 Å². The van der Waals surface area contributed by atoms with E-state index < -0.39 is 5.91 Å². The summed E-state index contributed by atoms with van der Waals surface area (Å²) in [6.45, 7) is 6.52. The van der Waals surface area contributed by atoms with Crippen LogP contribution in [0.15, 0.2) is 29.3 Å². The molecule has 0 aliphatic carbocycles. The van der Waals surface area contributed by atoms with Crippen molar-refractivity contribution < 1.29 is 4.79 Å². The van der Waals surface area contributed by atoms with E-state index >= 15 is 0 Å². The van der Waals surface area contributed by atoms with Crippen molar-refractivity contribution in [3.05, 3.63) is 35.4 Å². The van der Waals surface area contributed by atoms with Gasteiger partial charge in [-0.1, -0.05) is 38.3 Å². The van der Waals surface area contributed by atoms with Crippen LogP contribution in [0, 0.1) is 0 Å². The Morgan fingerprint density at radius 3 is 2.61 bits per heavy atom. The molecule has 0 aliphatic rings. The highest BCUT2D eigenvalue weighted by Gasteiger charge is 2.02. The van der Waals surface area contributed by atoms with E-state index in [-0.39, 0.29) is 24.0 Å². The van der Waals surface area contributed by atoms with E-state index in [9.17, 15) is 4.79 Å². The number of halogens is 1. The molecule has 5 nitrogen and oxygen atoms in total. The lowest BCUT2D eigenvalue weighted by molar-refractivity contribution is 0.1000. The zero-order valence-electron chi connectivity index (χ0n) is 14.1. The Kier molecular flexibility index (Phi) is 12.4. The van der Waals surface area contributed by atoms with Crippen LogP contribution in [0.5, 0.6) is 0 Å². The summed E-state index contributed by atoms with van der Waals surface area (Å²) < 4.78 is 0. The number of carbonyl (C=O) groups excluding carboxylic acids is 1. The first-order chi connectivity index (χ1) is 10.7. The second kappa shape index (κ2) is 13.2. The normalized spacial score (nSPS) is 10.8. The number of aliphatic imine (C=N–C) groups is 1. The molecule has 0 saturated heterocycles. The fourth-order valence-corrected chi connectivity index (χ4v) is 2.09. The van der Waals surface area contributed by atoms with Gasteiger partial charge < -0.3 is 16.4 Å². The SMILES string of the molecule is CCCCCCNC(=NCc1cccc(C(N)=O)c1)NCC.I. The molecule has 6 heteroatoms. The Labute approximate surface area is 156 Å². The number of unbranched alkanes of at least 4 members (excludes halogenated alkanes) is 3. The lowest BCUT2D eigenvalue weighted by Crippen LogP contribution is -2.37. The standard InChI is InChI=1S/C17H28N4O.HI/c1-3-5-6-7-11-20-17(19-4-2)21-13-14-9-8-10-15(12-14)16(18)22;/h8-10,12H,3-7,11,13H2,1-2H3,(H2,18,22)(H2,19,20,21);1H. The van der Waals surface area contributed by atoms with Crippen LogP contribution in [-0.4, -0.2) is 25.0 Å². The first kappa shape index (κ1) is 21.7. The minimum atomic E-state index is -0.410. The van der Waals surface area contributed by atoms with Gasteiger partial charge in [0.05, 0.1) is 6.54 Å². The summed E-state index contributed by atoms with van der Waals surface area (Å²) in [5.41, 5.74) is 6.78. The number of hydrogen-bond acceptors (Lipinski definition) is 2. The molecule has 1 rings (SSSR count). The fourth-order valence-electron chi connectivity index (χ4n) is 2.09. The predicted octanol–water partition coefficient (Wildman–Crippen LogP) is 3.04. The number of nitrogens with one attached hydrogen (secondary N) is 2. The summed E-state index contributed by atoms with van der Waals surface area (Å²) in [5.74, 6) is 0.398. The molecule has 23 heavy (non-hydrogen) atoms. The molecule has 1 aromatic carbocycles. The zero-order chi connectivity index (χ0) is 16.2. The number of nitrogens with zero attached hydrogens (tertiary/aromatic N) is 1. The Hall–Kier alpha value is -1.31. The maximum Gasteiger partial charge on any atom is 0.248 e. The highest BCUT2D eigenvalue weighted by molar-refractivity contribution is 14.0. The smallest absolute Gasteiger partial charge is 0.248 e. The molecule has 0 saturated carbocycles. The van der Waals surface area contributed by atoms with Gasteiger partial charge in [0.25, 0.3) is 0 Å². The largest absolute Gasteiger partial charge is 0.366 e. The molecule has 0 unspecified atom stereocenters. The quantitative estimate of drug-likeness (QED) is 0.243. The first-order valence-corrected chi connectivity index (χ1v) is 8.08. The average molecular weight is 432 g/mol. The summed E-state index contributed by atoms with van der Waals surface area (Å²) >= 11 is 0. The van der Waals surface area contributed by atoms with E-state index in [1.54, 1.807) is 12.1 Å². The number of nitrogens with two attached hydrogens (primary N) is 1. The van der Waals surface area contributed by atoms with Crippen LogP contribution in [0.3, 0.4) is 0 Å². The lowest BCUT2D eigenvalue weighted by atomic mass is 10.1. The summed E-state index contributed by atoms with van der Waals surface area (Å²) in [4.78, 5) is 15.7. The number of hydrogen-bond donors (Lipinski definition) is 3. The molecule has 0 bridgehead atoms. The van der Waals surface area contributed by atoms with Gasteiger partial charge in [-0.05, 0) is 31.0 Å². The molecule has 0 spiro atoms. The highest BCUT2D eigenvalue weighted by Crippen LogP contribution is 2.06. The first-order valence-electron chi connectivity index (χ1n) is 8.08. The summed E-state index contributed by atoms with van der Waals surface area (Å²) in [5, 5.41) is 6.56. The molecule has 1 amide bonds. The molecular weight excluding hydrogens is 403 g/mol. The Morgan fingerprint density at radius 1 is 1.17 bits per heavy atom. The van der Waals surface area contributed by atoms with Crippen molar-refractivity contribution in [2.45, 2.75) is 46.1 Å². The maximum atomic E-state index is 11.2. The van der Waals surface area contributed by atoms with Crippen LogP contribution < -0.4 is 16.4 Å². The predicted molar refractivity (Wildman–Crippen MR) is 107 cm³/mol. The summed E-state index contributed by atoms with van der Waals surface area (Å²) in [6.07, 6.45) is 4.90. The minimum Gasteiger partial charge on any atom is -0.366 e. The molecule has 0 aromatic heterocycles. The third kappa shape index (κ3) is 9.43. The van der Waals surface area contributed by atoms with Crippen LogP contribution in [0.4, 0.5) is 0 Å². The van der Waals surface area contributed by atoms with Crippen molar-refractivity contribution in [2.75, 3.05) is 13.1 Å². The van der Waals surface area contributed by atoms with E-state index in [1.807, 2.05) is 19.1 Å². The number of rotatable bonds is 9. The van der Waals surface area contributed by atoms with Gasteiger partial charge in [-0.2, -0.15) is 0 Å².